The molecule has 19 heavy (non-hydrogen) atoms. The molecule has 1 saturated heterocycles. The number of phenolic OH excluding ortho intramolecular Hbond substituents is 1. The van der Waals surface area contributed by atoms with Crippen molar-refractivity contribution in [3.63, 3.8) is 0 Å². The third kappa shape index (κ3) is 3.49. The molecule has 104 valence electrons. The minimum absolute atomic E-state index is 0.170. The second-order valence-corrected chi connectivity index (χ2v) is 5.89. The number of amides is 1. The van der Waals surface area contributed by atoms with Crippen LogP contribution in [0.4, 0.5) is 0 Å². The Bertz CT molecular complexity index is 448. The van der Waals surface area contributed by atoms with E-state index in [2.05, 4.69) is 13.8 Å². The summed E-state index contributed by atoms with van der Waals surface area (Å²) in [4.78, 5) is 14.2. The molecule has 1 N–H and O–H groups in total. The topological polar surface area (TPSA) is 40.5 Å². The van der Waals surface area contributed by atoms with Crippen LogP contribution in [0.5, 0.6) is 5.75 Å². The molecule has 1 amide bonds. The van der Waals surface area contributed by atoms with Gasteiger partial charge in [-0.2, -0.15) is 0 Å². The fourth-order valence-electron chi connectivity index (χ4n) is 2.60. The molecule has 0 aliphatic carbocycles. The summed E-state index contributed by atoms with van der Waals surface area (Å²) in [5.74, 6) is 0.395. The third-order valence-electron chi connectivity index (χ3n) is 4.44. The van der Waals surface area contributed by atoms with E-state index in [1.165, 1.54) is 6.42 Å². The summed E-state index contributed by atoms with van der Waals surface area (Å²) in [6, 6.07) is 6.96. The number of carbonyl (C=O) groups excluding carboxylic acids is 1. The number of likely N-dealkylation sites (tertiary alicyclic amines) is 1. The lowest BCUT2D eigenvalue weighted by Crippen LogP contribution is -2.42. The summed E-state index contributed by atoms with van der Waals surface area (Å²) in [7, 11) is 0. The van der Waals surface area contributed by atoms with Gasteiger partial charge in [-0.15, -0.1) is 0 Å². The van der Waals surface area contributed by atoms with Gasteiger partial charge in [-0.3, -0.25) is 4.79 Å². The van der Waals surface area contributed by atoms with Gasteiger partial charge in [0.2, 0.25) is 5.91 Å². The van der Waals surface area contributed by atoms with Crippen molar-refractivity contribution < 1.29 is 9.90 Å². The van der Waals surface area contributed by atoms with Crippen molar-refractivity contribution >= 4 is 5.91 Å². The molecule has 0 aromatic heterocycles. The van der Waals surface area contributed by atoms with Crippen molar-refractivity contribution in [2.24, 2.45) is 5.41 Å². The van der Waals surface area contributed by atoms with Crippen LogP contribution in [0.3, 0.4) is 0 Å². The maximum Gasteiger partial charge on any atom is 0.226 e. The molecule has 3 heteroatoms. The van der Waals surface area contributed by atoms with Crippen LogP contribution in [0.2, 0.25) is 0 Å². The molecular formula is C16H23NO2. The van der Waals surface area contributed by atoms with Crippen LogP contribution in [0.25, 0.3) is 0 Å². The predicted octanol–water partition coefficient (Wildman–Crippen LogP) is 2.97. The van der Waals surface area contributed by atoms with Gasteiger partial charge in [-0.1, -0.05) is 32.4 Å². The zero-order valence-electron chi connectivity index (χ0n) is 11.9. The number of nitrogens with zero attached hydrogens (tertiary/aromatic N) is 1. The van der Waals surface area contributed by atoms with Crippen LogP contribution in [0.15, 0.2) is 24.3 Å². The number of rotatable bonds is 3. The maximum absolute atomic E-state index is 12.2. The number of hydrogen-bond donors (Lipinski definition) is 1. The van der Waals surface area contributed by atoms with Gasteiger partial charge in [-0.25, -0.2) is 0 Å². The van der Waals surface area contributed by atoms with Crippen LogP contribution in [0.1, 0.15) is 38.7 Å². The van der Waals surface area contributed by atoms with E-state index in [4.69, 9.17) is 0 Å². The third-order valence-corrected chi connectivity index (χ3v) is 4.44. The second-order valence-electron chi connectivity index (χ2n) is 5.89. The fraction of sp³-hybridized carbons (Fsp3) is 0.562. The molecule has 0 saturated carbocycles. The van der Waals surface area contributed by atoms with Gasteiger partial charge in [-0.05, 0) is 36.0 Å². The van der Waals surface area contributed by atoms with Gasteiger partial charge in [0, 0.05) is 13.1 Å². The molecule has 0 bridgehead atoms. The molecule has 1 heterocycles. The van der Waals surface area contributed by atoms with Gasteiger partial charge < -0.3 is 10.0 Å². The van der Waals surface area contributed by atoms with E-state index in [-0.39, 0.29) is 11.7 Å². The van der Waals surface area contributed by atoms with Gasteiger partial charge in [0.05, 0.1) is 6.42 Å². The van der Waals surface area contributed by atoms with Crippen molar-refractivity contribution in [3.05, 3.63) is 29.8 Å². The Morgan fingerprint density at radius 3 is 2.63 bits per heavy atom. The molecule has 0 radical (unpaired) electrons. The SMILES string of the molecule is CCC1(C)CCN(C(=O)Cc2cccc(O)c2)CC1. The van der Waals surface area contributed by atoms with Crippen molar-refractivity contribution in [3.8, 4) is 5.75 Å². The molecule has 0 spiro atoms. The lowest BCUT2D eigenvalue weighted by atomic mass is 9.78. The number of benzene rings is 1. The summed E-state index contributed by atoms with van der Waals surface area (Å²) in [6.45, 7) is 6.26. The first kappa shape index (κ1) is 13.9. The summed E-state index contributed by atoms with van der Waals surface area (Å²) >= 11 is 0. The van der Waals surface area contributed by atoms with Gasteiger partial charge in [0.1, 0.15) is 5.75 Å². The maximum atomic E-state index is 12.2. The first-order valence-electron chi connectivity index (χ1n) is 7.08. The molecule has 3 nitrogen and oxygen atoms in total. The smallest absolute Gasteiger partial charge is 0.226 e. The monoisotopic (exact) mass is 261 g/mol. The number of piperidine rings is 1. The Morgan fingerprint density at radius 1 is 1.37 bits per heavy atom. The number of phenols is 1. The van der Waals surface area contributed by atoms with E-state index in [1.807, 2.05) is 11.0 Å². The molecule has 1 fully saturated rings. The van der Waals surface area contributed by atoms with Crippen molar-refractivity contribution in [1.82, 2.24) is 4.90 Å². The van der Waals surface area contributed by atoms with E-state index in [1.54, 1.807) is 18.2 Å². The van der Waals surface area contributed by atoms with Crippen LogP contribution in [-0.2, 0) is 11.2 Å². The Morgan fingerprint density at radius 2 is 2.05 bits per heavy atom. The summed E-state index contributed by atoms with van der Waals surface area (Å²) in [6.07, 6.45) is 3.75. The first-order valence-corrected chi connectivity index (χ1v) is 7.08. The number of aromatic hydroxyl groups is 1. The normalized spacial score (nSPS) is 18.3. The zero-order valence-corrected chi connectivity index (χ0v) is 11.9. The summed E-state index contributed by atoms with van der Waals surface area (Å²) < 4.78 is 0. The lowest BCUT2D eigenvalue weighted by molar-refractivity contribution is -0.132. The quantitative estimate of drug-likeness (QED) is 0.908. The van der Waals surface area contributed by atoms with E-state index in [9.17, 15) is 9.90 Å². The van der Waals surface area contributed by atoms with E-state index >= 15 is 0 Å². The average molecular weight is 261 g/mol. The van der Waals surface area contributed by atoms with E-state index < -0.39 is 0 Å². The Kier molecular flexibility index (Phi) is 4.13. The van der Waals surface area contributed by atoms with Crippen molar-refractivity contribution in [2.45, 2.75) is 39.5 Å². The molecule has 1 aliphatic rings. The van der Waals surface area contributed by atoms with E-state index in [0.29, 0.717) is 11.8 Å². The van der Waals surface area contributed by atoms with E-state index in [0.717, 1.165) is 31.5 Å². The van der Waals surface area contributed by atoms with Gasteiger partial charge in [0.25, 0.3) is 0 Å². The predicted molar refractivity (Wildman–Crippen MR) is 76.0 cm³/mol. The van der Waals surface area contributed by atoms with Crippen LogP contribution in [-0.4, -0.2) is 29.0 Å². The molecule has 1 aliphatic heterocycles. The highest BCUT2D eigenvalue weighted by atomic mass is 16.3. The van der Waals surface area contributed by atoms with Crippen LogP contribution >= 0.6 is 0 Å². The van der Waals surface area contributed by atoms with Gasteiger partial charge in [0.15, 0.2) is 0 Å². The Hall–Kier alpha value is -1.51. The highest BCUT2D eigenvalue weighted by molar-refractivity contribution is 5.79. The molecule has 1 aromatic carbocycles. The Labute approximate surface area is 115 Å². The highest BCUT2D eigenvalue weighted by Gasteiger charge is 2.30. The summed E-state index contributed by atoms with van der Waals surface area (Å²) in [5, 5.41) is 9.41. The average Bonchev–Trinajstić information content (AvgIpc) is 2.39. The molecular weight excluding hydrogens is 238 g/mol. The van der Waals surface area contributed by atoms with Crippen molar-refractivity contribution in [1.29, 1.82) is 0 Å². The zero-order chi connectivity index (χ0) is 13.9. The molecule has 0 unspecified atom stereocenters. The minimum Gasteiger partial charge on any atom is -0.508 e. The van der Waals surface area contributed by atoms with Crippen LogP contribution < -0.4 is 0 Å². The van der Waals surface area contributed by atoms with Gasteiger partial charge >= 0.3 is 0 Å². The molecule has 1 aromatic rings. The number of hydrogen-bond acceptors (Lipinski definition) is 2. The van der Waals surface area contributed by atoms with Crippen molar-refractivity contribution in [2.75, 3.05) is 13.1 Å². The highest BCUT2D eigenvalue weighted by Crippen LogP contribution is 2.34. The standard InChI is InChI=1S/C16H23NO2/c1-3-16(2)7-9-17(10-8-16)15(19)12-13-5-4-6-14(18)11-13/h4-6,11,18H,3,7-10,12H2,1-2H3. The fourth-order valence-corrected chi connectivity index (χ4v) is 2.60. The van der Waals surface area contributed by atoms with Crippen LogP contribution in [0, 0.1) is 5.41 Å². The minimum atomic E-state index is 0.170. The summed E-state index contributed by atoms with van der Waals surface area (Å²) in [5.41, 5.74) is 1.29. The molecule has 0 atom stereocenters. The first-order chi connectivity index (χ1) is 9.02. The lowest BCUT2D eigenvalue weighted by Gasteiger charge is -2.39. The molecule has 2 rings (SSSR count). The largest absolute Gasteiger partial charge is 0.508 e. The Balaban J connectivity index is 1.92. The number of carbonyl (C=O) groups is 1. The second kappa shape index (κ2) is 5.64.